The Morgan fingerprint density at radius 1 is 1.13 bits per heavy atom. The van der Waals surface area contributed by atoms with Gasteiger partial charge in [0.1, 0.15) is 11.7 Å². The van der Waals surface area contributed by atoms with Crippen LogP contribution in [0.25, 0.3) is 0 Å². The number of carbonyl (C=O) groups is 2. The fourth-order valence-electron chi connectivity index (χ4n) is 5.63. The van der Waals surface area contributed by atoms with E-state index in [4.69, 9.17) is 18.9 Å². The monoisotopic (exact) mass is 430 g/mol. The molecule has 2 aliphatic heterocycles. The predicted octanol–water partition coefficient (Wildman–Crippen LogP) is 4.38. The van der Waals surface area contributed by atoms with E-state index in [9.17, 15) is 9.59 Å². The van der Waals surface area contributed by atoms with E-state index in [1.165, 1.54) is 0 Å². The maximum absolute atomic E-state index is 13.3. The smallest absolute Gasteiger partial charge is 0.318 e. The highest BCUT2D eigenvalue weighted by atomic mass is 16.6. The lowest BCUT2D eigenvalue weighted by Crippen LogP contribution is -2.50. The van der Waals surface area contributed by atoms with Gasteiger partial charge in [-0.25, -0.2) is 0 Å². The third-order valence-corrected chi connectivity index (χ3v) is 7.31. The van der Waals surface area contributed by atoms with Crippen molar-refractivity contribution in [2.24, 2.45) is 5.92 Å². The fraction of sp³-hybridized carbons (Fsp3) is 0.680. The topological polar surface area (TPSA) is 71.1 Å². The third kappa shape index (κ3) is 3.84. The maximum Gasteiger partial charge on any atom is 0.318 e. The molecular weight excluding hydrogens is 396 g/mol. The highest BCUT2D eigenvalue weighted by Crippen LogP contribution is 2.53. The van der Waals surface area contributed by atoms with Crippen molar-refractivity contribution in [3.63, 3.8) is 0 Å². The van der Waals surface area contributed by atoms with Gasteiger partial charge in [-0.15, -0.1) is 0 Å². The molecule has 31 heavy (non-hydrogen) atoms. The summed E-state index contributed by atoms with van der Waals surface area (Å²) in [6, 6.07) is 3.95. The van der Waals surface area contributed by atoms with Gasteiger partial charge in [0.2, 0.25) is 0 Å². The summed E-state index contributed by atoms with van der Waals surface area (Å²) in [6.07, 6.45) is 4.34. The van der Waals surface area contributed by atoms with Crippen LogP contribution in [0.1, 0.15) is 75.0 Å². The lowest BCUT2D eigenvalue weighted by Gasteiger charge is -2.43. The van der Waals surface area contributed by atoms with E-state index in [1.807, 2.05) is 39.8 Å². The summed E-state index contributed by atoms with van der Waals surface area (Å²) in [5, 5.41) is 0. The van der Waals surface area contributed by atoms with Gasteiger partial charge in [0, 0.05) is 12.2 Å². The van der Waals surface area contributed by atoms with Crippen molar-refractivity contribution in [3.05, 3.63) is 28.8 Å². The standard InChI is InChI=1S/C25H34O6/c1-15(2)22(26)30-21-20(19-17(4)13-16(3)14-18(19)28-5)23(27)31-25(21)10-8-24(9-11-25)7-6-12-29-24/h13-15,20-21H,6-12H2,1-5H3. The second-order valence-electron chi connectivity index (χ2n) is 9.81. The van der Waals surface area contributed by atoms with Crippen LogP contribution in [-0.2, 0) is 23.8 Å². The summed E-state index contributed by atoms with van der Waals surface area (Å²) in [5.74, 6) is -1.00. The zero-order chi connectivity index (χ0) is 22.4. The maximum atomic E-state index is 13.3. The molecule has 0 bridgehead atoms. The molecular formula is C25H34O6. The minimum Gasteiger partial charge on any atom is -0.496 e. The molecule has 1 aliphatic carbocycles. The Hall–Kier alpha value is -2.08. The second-order valence-corrected chi connectivity index (χ2v) is 9.81. The molecule has 2 heterocycles. The van der Waals surface area contributed by atoms with Gasteiger partial charge in [-0.3, -0.25) is 9.59 Å². The van der Waals surface area contributed by atoms with Crippen molar-refractivity contribution in [2.45, 2.75) is 89.4 Å². The van der Waals surface area contributed by atoms with Crippen molar-refractivity contribution >= 4 is 11.9 Å². The minimum atomic E-state index is -0.814. The minimum absolute atomic E-state index is 0.111. The first-order valence-corrected chi connectivity index (χ1v) is 11.4. The molecule has 3 fully saturated rings. The molecule has 2 saturated heterocycles. The van der Waals surface area contributed by atoms with E-state index in [-0.39, 0.29) is 23.5 Å². The number of hydrogen-bond donors (Lipinski definition) is 0. The van der Waals surface area contributed by atoms with Crippen LogP contribution in [0.2, 0.25) is 0 Å². The van der Waals surface area contributed by atoms with Crippen molar-refractivity contribution < 1.29 is 28.5 Å². The van der Waals surface area contributed by atoms with Crippen molar-refractivity contribution in [1.29, 1.82) is 0 Å². The van der Waals surface area contributed by atoms with Crippen molar-refractivity contribution in [3.8, 4) is 5.75 Å². The lowest BCUT2D eigenvalue weighted by atomic mass is 9.70. The van der Waals surface area contributed by atoms with Gasteiger partial charge in [0.25, 0.3) is 0 Å². The highest BCUT2D eigenvalue weighted by molar-refractivity contribution is 5.85. The normalized spacial score (nSPS) is 32.6. The van der Waals surface area contributed by atoms with Gasteiger partial charge < -0.3 is 18.9 Å². The van der Waals surface area contributed by atoms with Crippen LogP contribution in [0.4, 0.5) is 0 Å². The average molecular weight is 431 g/mol. The Bertz CT molecular complexity index is 857. The second kappa shape index (κ2) is 8.12. The highest BCUT2D eigenvalue weighted by Gasteiger charge is 2.62. The molecule has 3 aliphatic rings. The molecule has 0 aromatic heterocycles. The molecule has 2 atom stereocenters. The van der Waals surface area contributed by atoms with Gasteiger partial charge in [0.05, 0.1) is 18.6 Å². The van der Waals surface area contributed by atoms with E-state index >= 15 is 0 Å². The molecule has 170 valence electrons. The average Bonchev–Trinajstić information content (AvgIpc) is 3.27. The first-order valence-electron chi connectivity index (χ1n) is 11.4. The summed E-state index contributed by atoms with van der Waals surface area (Å²) in [6.45, 7) is 8.36. The number of esters is 2. The van der Waals surface area contributed by atoms with Crippen LogP contribution in [0.15, 0.2) is 12.1 Å². The predicted molar refractivity (Wildman–Crippen MR) is 115 cm³/mol. The molecule has 4 rings (SSSR count). The molecule has 2 spiro atoms. The Balaban J connectivity index is 1.73. The SMILES string of the molecule is COc1cc(C)cc(C)c1C1C(=O)OC2(CCC3(CCCO3)CC2)C1OC(=O)C(C)C. The molecule has 1 aromatic rings. The number of ether oxygens (including phenoxy) is 4. The van der Waals surface area contributed by atoms with Crippen LogP contribution in [0.3, 0.4) is 0 Å². The van der Waals surface area contributed by atoms with Crippen LogP contribution in [-0.4, -0.2) is 43.0 Å². The summed E-state index contributed by atoms with van der Waals surface area (Å²) < 4.78 is 23.9. The van der Waals surface area contributed by atoms with Crippen LogP contribution < -0.4 is 4.74 Å². The zero-order valence-electron chi connectivity index (χ0n) is 19.3. The van der Waals surface area contributed by atoms with E-state index in [1.54, 1.807) is 7.11 Å². The summed E-state index contributed by atoms with van der Waals surface area (Å²) in [5.41, 5.74) is 1.82. The van der Waals surface area contributed by atoms with Crippen LogP contribution in [0, 0.1) is 19.8 Å². The summed E-state index contributed by atoms with van der Waals surface area (Å²) >= 11 is 0. The Labute approximate surface area is 184 Å². The van der Waals surface area contributed by atoms with E-state index in [2.05, 4.69) is 0 Å². The summed E-state index contributed by atoms with van der Waals surface area (Å²) in [7, 11) is 1.60. The lowest BCUT2D eigenvalue weighted by molar-refractivity contribution is -0.178. The number of benzene rings is 1. The fourth-order valence-corrected chi connectivity index (χ4v) is 5.63. The van der Waals surface area contributed by atoms with Gasteiger partial charge in [-0.05, 0) is 69.6 Å². The van der Waals surface area contributed by atoms with Crippen molar-refractivity contribution in [2.75, 3.05) is 13.7 Å². The Morgan fingerprint density at radius 3 is 2.42 bits per heavy atom. The number of hydrogen-bond acceptors (Lipinski definition) is 6. The van der Waals surface area contributed by atoms with E-state index in [0.29, 0.717) is 18.6 Å². The number of methoxy groups -OCH3 is 1. The molecule has 0 radical (unpaired) electrons. The van der Waals surface area contributed by atoms with E-state index < -0.39 is 17.6 Å². The quantitative estimate of drug-likeness (QED) is 0.660. The Kier molecular flexibility index (Phi) is 5.80. The molecule has 2 unspecified atom stereocenters. The van der Waals surface area contributed by atoms with Crippen LogP contribution >= 0.6 is 0 Å². The Morgan fingerprint density at radius 2 is 1.84 bits per heavy atom. The molecule has 0 amide bonds. The van der Waals surface area contributed by atoms with Crippen molar-refractivity contribution in [1.82, 2.24) is 0 Å². The van der Waals surface area contributed by atoms with E-state index in [0.717, 1.165) is 49.0 Å². The third-order valence-electron chi connectivity index (χ3n) is 7.31. The largest absolute Gasteiger partial charge is 0.496 e. The number of rotatable bonds is 4. The molecule has 6 nitrogen and oxygen atoms in total. The molecule has 1 saturated carbocycles. The first-order chi connectivity index (χ1) is 14.7. The number of aryl methyl sites for hydroxylation is 2. The summed E-state index contributed by atoms with van der Waals surface area (Å²) in [4.78, 5) is 26.0. The van der Waals surface area contributed by atoms with Crippen LogP contribution in [0.5, 0.6) is 5.75 Å². The van der Waals surface area contributed by atoms with Gasteiger partial charge in [-0.2, -0.15) is 0 Å². The first kappa shape index (κ1) is 22.1. The molecule has 0 N–H and O–H groups in total. The number of carbonyl (C=O) groups excluding carboxylic acids is 2. The molecule has 6 heteroatoms. The van der Waals surface area contributed by atoms with Gasteiger partial charge >= 0.3 is 11.9 Å². The molecule has 1 aromatic carbocycles. The van der Waals surface area contributed by atoms with Gasteiger partial charge in [-0.1, -0.05) is 19.9 Å². The van der Waals surface area contributed by atoms with Gasteiger partial charge in [0.15, 0.2) is 11.7 Å². The zero-order valence-corrected chi connectivity index (χ0v) is 19.3.